The summed E-state index contributed by atoms with van der Waals surface area (Å²) in [4.78, 5) is 33.5. The lowest BCUT2D eigenvalue weighted by atomic mass is 9.96. The molecule has 3 heterocycles. The number of hydrogen-bond donors (Lipinski definition) is 0. The minimum atomic E-state index is -0.531. The first kappa shape index (κ1) is 23.1. The van der Waals surface area contributed by atoms with Crippen LogP contribution < -0.4 is 9.64 Å². The lowest BCUT2D eigenvalue weighted by molar-refractivity contribution is -0.139. The van der Waals surface area contributed by atoms with E-state index >= 15 is 0 Å². The molecule has 0 saturated carbocycles. The number of benzene rings is 1. The maximum Gasteiger partial charge on any atom is 0.410 e. The Morgan fingerprint density at radius 2 is 1.73 bits per heavy atom. The number of pyridine rings is 1. The van der Waals surface area contributed by atoms with Crippen LogP contribution in [0.3, 0.4) is 0 Å². The summed E-state index contributed by atoms with van der Waals surface area (Å²) in [5.41, 5.74) is 2.80. The minimum absolute atomic E-state index is 0.111. The third-order valence-corrected chi connectivity index (χ3v) is 6.14. The summed E-state index contributed by atoms with van der Waals surface area (Å²) >= 11 is 0. The van der Waals surface area contributed by atoms with Crippen LogP contribution in [0.25, 0.3) is 0 Å². The Kier molecular flexibility index (Phi) is 6.86. The molecule has 176 valence electrons. The smallest absolute Gasteiger partial charge is 0.410 e. The highest BCUT2D eigenvalue weighted by Gasteiger charge is 2.28. The Labute approximate surface area is 195 Å². The van der Waals surface area contributed by atoms with Gasteiger partial charge in [0.15, 0.2) is 0 Å². The number of amides is 1. The van der Waals surface area contributed by atoms with Crippen molar-refractivity contribution in [2.45, 2.75) is 58.6 Å². The van der Waals surface area contributed by atoms with E-state index < -0.39 is 5.60 Å². The zero-order valence-corrected chi connectivity index (χ0v) is 19.8. The Hall–Kier alpha value is -3.09. The number of piperidine rings is 1. The quantitative estimate of drug-likeness (QED) is 0.502. The normalized spacial score (nSPS) is 17.2. The van der Waals surface area contributed by atoms with Crippen LogP contribution in [0, 0.1) is 5.92 Å². The monoisotopic (exact) mass is 451 g/mol. The zero-order valence-electron chi connectivity index (χ0n) is 19.8. The van der Waals surface area contributed by atoms with Gasteiger partial charge in [-0.2, -0.15) is 0 Å². The Morgan fingerprint density at radius 1 is 1.00 bits per heavy atom. The van der Waals surface area contributed by atoms with Gasteiger partial charge < -0.3 is 19.3 Å². The molecule has 0 radical (unpaired) electrons. The summed E-state index contributed by atoms with van der Waals surface area (Å²) in [6.45, 7) is 8.35. The molecule has 33 heavy (non-hydrogen) atoms. The number of carbonyl (C=O) groups excluding carboxylic acids is 2. The topological polar surface area (TPSA) is 72.0 Å². The van der Waals surface area contributed by atoms with E-state index in [0.29, 0.717) is 18.8 Å². The van der Waals surface area contributed by atoms with Crippen LogP contribution in [0.1, 0.15) is 51.2 Å². The molecule has 2 aliphatic heterocycles. The van der Waals surface area contributed by atoms with Gasteiger partial charge in [-0.3, -0.25) is 9.78 Å². The highest BCUT2D eigenvalue weighted by Crippen LogP contribution is 2.28. The number of nitrogens with zero attached hydrogens (tertiary/aromatic N) is 3. The molecule has 0 aliphatic carbocycles. The largest absolute Gasteiger partial charge is 0.444 e. The van der Waals surface area contributed by atoms with Crippen molar-refractivity contribution in [3.05, 3.63) is 53.9 Å². The van der Waals surface area contributed by atoms with Gasteiger partial charge in [-0.25, -0.2) is 4.79 Å². The van der Waals surface area contributed by atoms with E-state index in [-0.39, 0.29) is 18.0 Å². The average Bonchev–Trinajstić information content (AvgIpc) is 3.01. The van der Waals surface area contributed by atoms with Crippen LogP contribution in [0.4, 0.5) is 10.5 Å². The van der Waals surface area contributed by atoms with E-state index in [0.717, 1.165) is 50.0 Å². The molecule has 0 unspecified atom stereocenters. The molecule has 7 nitrogen and oxygen atoms in total. The van der Waals surface area contributed by atoms with Crippen LogP contribution in [-0.4, -0.2) is 47.2 Å². The zero-order chi connectivity index (χ0) is 23.4. The van der Waals surface area contributed by atoms with Gasteiger partial charge in [-0.15, -0.1) is 0 Å². The third-order valence-electron chi connectivity index (χ3n) is 6.14. The van der Waals surface area contributed by atoms with E-state index in [2.05, 4.69) is 9.88 Å². The van der Waals surface area contributed by atoms with Gasteiger partial charge in [0.2, 0.25) is 0 Å². The summed E-state index contributed by atoms with van der Waals surface area (Å²) in [6, 6.07) is 9.78. The van der Waals surface area contributed by atoms with Gasteiger partial charge >= 0.3 is 12.1 Å². The highest BCUT2D eigenvalue weighted by molar-refractivity contribution is 5.75. The fourth-order valence-corrected chi connectivity index (χ4v) is 4.41. The third kappa shape index (κ3) is 6.03. The second-order valence-corrected chi connectivity index (χ2v) is 9.82. The number of hydrogen-bond acceptors (Lipinski definition) is 6. The molecule has 0 bridgehead atoms. The van der Waals surface area contributed by atoms with E-state index in [9.17, 15) is 9.59 Å². The van der Waals surface area contributed by atoms with Crippen LogP contribution in [0.15, 0.2) is 42.7 Å². The number of aromatic nitrogens is 1. The van der Waals surface area contributed by atoms with Gasteiger partial charge in [0.1, 0.15) is 11.4 Å². The van der Waals surface area contributed by atoms with Crippen molar-refractivity contribution in [2.24, 2.45) is 5.92 Å². The lowest BCUT2D eigenvalue weighted by Crippen LogP contribution is -2.37. The van der Waals surface area contributed by atoms with Crippen LogP contribution in [0.5, 0.6) is 5.75 Å². The molecule has 1 aromatic carbocycles. The fourth-order valence-electron chi connectivity index (χ4n) is 4.41. The number of esters is 1. The minimum Gasteiger partial charge on any atom is -0.444 e. The number of aryl methyl sites for hydroxylation is 1. The highest BCUT2D eigenvalue weighted by atomic mass is 16.6. The molecule has 2 aromatic rings. The molecule has 1 aromatic heterocycles. The number of anilines is 1. The van der Waals surface area contributed by atoms with Crippen LogP contribution in [-0.2, 0) is 22.5 Å². The Morgan fingerprint density at radius 3 is 2.42 bits per heavy atom. The standard InChI is InChI=1S/C26H33N3O4/c1-26(2,3)33-25(31)29-14-4-5-19-6-7-23(17-21(19)18-29)32-24(30)20-10-15-28(16-11-20)22-8-12-27-13-9-22/h6-9,12-13,17,20H,4-5,10-11,14-16,18H2,1-3H3. The summed E-state index contributed by atoms with van der Waals surface area (Å²) in [5.74, 6) is 0.253. The molecule has 2 aliphatic rings. The number of fused-ring (bicyclic) bond motifs is 1. The van der Waals surface area contributed by atoms with Gasteiger partial charge in [-0.1, -0.05) is 6.07 Å². The SMILES string of the molecule is CC(C)(C)OC(=O)N1CCCc2ccc(OC(=O)C3CCN(c4ccncc4)CC3)cc2C1. The van der Waals surface area contributed by atoms with E-state index in [4.69, 9.17) is 9.47 Å². The summed E-state index contributed by atoms with van der Waals surface area (Å²) < 4.78 is 11.3. The van der Waals surface area contributed by atoms with Crippen molar-refractivity contribution in [1.29, 1.82) is 0 Å². The first-order valence-corrected chi connectivity index (χ1v) is 11.7. The molecule has 1 fully saturated rings. The average molecular weight is 452 g/mol. The molecular weight excluding hydrogens is 418 g/mol. The van der Waals surface area contributed by atoms with Crippen LogP contribution in [0.2, 0.25) is 0 Å². The first-order valence-electron chi connectivity index (χ1n) is 11.7. The first-order chi connectivity index (χ1) is 15.8. The molecule has 0 spiro atoms. The van der Waals surface area contributed by atoms with Gasteiger partial charge in [0.05, 0.1) is 5.92 Å². The van der Waals surface area contributed by atoms with Crippen molar-refractivity contribution in [1.82, 2.24) is 9.88 Å². The van der Waals surface area contributed by atoms with Crippen LogP contribution >= 0.6 is 0 Å². The van der Waals surface area contributed by atoms with Gasteiger partial charge in [0.25, 0.3) is 0 Å². The van der Waals surface area contributed by atoms with Gasteiger partial charge in [0, 0.05) is 44.3 Å². The van der Waals surface area contributed by atoms with Crippen molar-refractivity contribution >= 4 is 17.7 Å². The van der Waals surface area contributed by atoms with E-state index in [1.807, 2.05) is 51.1 Å². The maximum atomic E-state index is 12.8. The number of ether oxygens (including phenoxy) is 2. The molecule has 1 saturated heterocycles. The second kappa shape index (κ2) is 9.81. The van der Waals surface area contributed by atoms with Crippen molar-refractivity contribution in [3.63, 3.8) is 0 Å². The maximum absolute atomic E-state index is 12.8. The van der Waals surface area contributed by atoms with Crippen molar-refractivity contribution in [2.75, 3.05) is 24.5 Å². The Bertz CT molecular complexity index is 979. The fraction of sp³-hybridized carbons (Fsp3) is 0.500. The van der Waals surface area contributed by atoms with E-state index in [1.165, 1.54) is 5.56 Å². The summed E-state index contributed by atoms with van der Waals surface area (Å²) in [5, 5.41) is 0. The molecular formula is C26H33N3O4. The number of rotatable bonds is 3. The summed E-state index contributed by atoms with van der Waals surface area (Å²) in [7, 11) is 0. The Balaban J connectivity index is 1.37. The lowest BCUT2D eigenvalue weighted by Gasteiger charge is -2.32. The molecule has 7 heteroatoms. The van der Waals surface area contributed by atoms with E-state index in [1.54, 1.807) is 17.3 Å². The predicted molar refractivity (Wildman–Crippen MR) is 126 cm³/mol. The molecule has 0 N–H and O–H groups in total. The summed E-state index contributed by atoms with van der Waals surface area (Å²) in [6.07, 6.45) is 6.56. The predicted octanol–water partition coefficient (Wildman–Crippen LogP) is 4.59. The van der Waals surface area contributed by atoms with Crippen molar-refractivity contribution < 1.29 is 19.1 Å². The molecule has 0 atom stereocenters. The number of carbonyl (C=O) groups is 2. The molecule has 1 amide bonds. The molecule has 4 rings (SSSR count). The van der Waals surface area contributed by atoms with Crippen molar-refractivity contribution in [3.8, 4) is 5.75 Å². The van der Waals surface area contributed by atoms with Gasteiger partial charge in [-0.05, 0) is 81.8 Å². The second-order valence-electron chi connectivity index (χ2n) is 9.82.